The van der Waals surface area contributed by atoms with E-state index in [0.29, 0.717) is 43.5 Å². The highest BCUT2D eigenvalue weighted by Gasteiger charge is 2.34. The van der Waals surface area contributed by atoms with Crippen LogP contribution < -0.4 is 20.5 Å². The molecule has 2 rings (SSSR count). The molecule has 0 spiro atoms. The van der Waals surface area contributed by atoms with Crippen LogP contribution in [0.3, 0.4) is 0 Å². The Hall–Kier alpha value is -1.99. The Balaban J connectivity index is 0.00000420. The maximum atomic E-state index is 12.5. The highest BCUT2D eigenvalue weighted by molar-refractivity contribution is 5.89. The number of rotatable bonds is 10. The average molecular weight is 428 g/mol. The zero-order valence-electron chi connectivity index (χ0n) is 17.8. The lowest BCUT2D eigenvalue weighted by molar-refractivity contribution is -0.129. The number of amides is 2. The maximum Gasteiger partial charge on any atom is 0.225 e. The van der Waals surface area contributed by atoms with Crippen molar-refractivity contribution in [2.45, 2.75) is 39.2 Å². The zero-order valence-corrected chi connectivity index (χ0v) is 18.6. The van der Waals surface area contributed by atoms with Crippen LogP contribution in [0, 0.1) is 11.8 Å². The van der Waals surface area contributed by atoms with Crippen molar-refractivity contribution in [1.29, 1.82) is 0 Å². The molecule has 2 amide bonds. The van der Waals surface area contributed by atoms with E-state index >= 15 is 0 Å². The molecular formula is C21H34ClN3O4. The van der Waals surface area contributed by atoms with E-state index in [9.17, 15) is 9.59 Å². The topological polar surface area (TPSA) is 93.9 Å². The number of ether oxygens (including phenoxy) is 2. The van der Waals surface area contributed by atoms with E-state index in [-0.39, 0.29) is 42.6 Å². The molecule has 7 nitrogen and oxygen atoms in total. The first-order valence-corrected chi connectivity index (χ1v) is 9.87. The van der Waals surface area contributed by atoms with Crippen molar-refractivity contribution in [3.63, 3.8) is 0 Å². The van der Waals surface area contributed by atoms with Crippen LogP contribution >= 0.6 is 12.4 Å². The molecule has 29 heavy (non-hydrogen) atoms. The summed E-state index contributed by atoms with van der Waals surface area (Å²) in [6.07, 6.45) is 1.79. The highest BCUT2D eigenvalue weighted by atomic mass is 35.5. The molecule has 1 heterocycles. The molecule has 0 saturated carbocycles. The van der Waals surface area contributed by atoms with Gasteiger partial charge in [-0.1, -0.05) is 19.9 Å². The molecule has 1 aromatic carbocycles. The fourth-order valence-electron chi connectivity index (χ4n) is 3.57. The number of halogens is 1. The Labute approximate surface area is 179 Å². The molecule has 1 fully saturated rings. The second-order valence-corrected chi connectivity index (χ2v) is 7.75. The summed E-state index contributed by atoms with van der Waals surface area (Å²) in [4.78, 5) is 26.6. The van der Waals surface area contributed by atoms with Gasteiger partial charge in [0, 0.05) is 32.1 Å². The predicted molar refractivity (Wildman–Crippen MR) is 116 cm³/mol. The van der Waals surface area contributed by atoms with Gasteiger partial charge in [-0.2, -0.15) is 0 Å². The van der Waals surface area contributed by atoms with Crippen molar-refractivity contribution in [3.05, 3.63) is 23.8 Å². The Morgan fingerprint density at radius 3 is 2.55 bits per heavy atom. The SMILES string of the molecule is COc1ccc(CCN2CC(C(=O)NC(CN)CC(C)C)CC2=O)cc1OC.Cl. The van der Waals surface area contributed by atoms with Gasteiger partial charge in [-0.05, 0) is 36.5 Å². The number of nitrogens with one attached hydrogen (secondary N) is 1. The average Bonchev–Trinajstić information content (AvgIpc) is 3.05. The summed E-state index contributed by atoms with van der Waals surface area (Å²) >= 11 is 0. The number of hydrogen-bond donors (Lipinski definition) is 2. The Morgan fingerprint density at radius 2 is 1.97 bits per heavy atom. The predicted octanol–water partition coefficient (Wildman–Crippen LogP) is 2.01. The Morgan fingerprint density at radius 1 is 1.28 bits per heavy atom. The molecule has 0 aliphatic carbocycles. The van der Waals surface area contributed by atoms with Gasteiger partial charge in [0.1, 0.15) is 0 Å². The van der Waals surface area contributed by atoms with Gasteiger partial charge in [-0.15, -0.1) is 12.4 Å². The summed E-state index contributed by atoms with van der Waals surface area (Å²) in [7, 11) is 3.20. The quantitative estimate of drug-likeness (QED) is 0.595. The molecule has 1 aliphatic rings. The molecule has 8 heteroatoms. The third-order valence-electron chi connectivity index (χ3n) is 5.09. The second kappa shape index (κ2) is 11.9. The van der Waals surface area contributed by atoms with Crippen LogP contribution in [-0.2, 0) is 16.0 Å². The molecule has 2 atom stereocenters. The highest BCUT2D eigenvalue weighted by Crippen LogP contribution is 2.28. The first-order valence-electron chi connectivity index (χ1n) is 9.87. The summed E-state index contributed by atoms with van der Waals surface area (Å²) in [6.45, 7) is 5.64. The van der Waals surface area contributed by atoms with Gasteiger partial charge in [0.15, 0.2) is 11.5 Å². The normalized spacial score (nSPS) is 17.1. The lowest BCUT2D eigenvalue weighted by Crippen LogP contribution is -2.44. The molecule has 2 unspecified atom stereocenters. The van der Waals surface area contributed by atoms with E-state index in [1.807, 2.05) is 18.2 Å². The molecule has 3 N–H and O–H groups in total. The second-order valence-electron chi connectivity index (χ2n) is 7.75. The first kappa shape index (κ1) is 25.0. The number of benzene rings is 1. The van der Waals surface area contributed by atoms with Crippen molar-refractivity contribution < 1.29 is 19.1 Å². The maximum absolute atomic E-state index is 12.5. The van der Waals surface area contributed by atoms with Crippen molar-refractivity contribution in [1.82, 2.24) is 10.2 Å². The molecule has 1 saturated heterocycles. The minimum Gasteiger partial charge on any atom is -0.493 e. The summed E-state index contributed by atoms with van der Waals surface area (Å²) in [5.74, 6) is 1.45. The van der Waals surface area contributed by atoms with E-state index in [2.05, 4.69) is 19.2 Å². The molecule has 164 valence electrons. The minimum atomic E-state index is -0.306. The number of hydrogen-bond acceptors (Lipinski definition) is 5. The molecule has 0 aromatic heterocycles. The van der Waals surface area contributed by atoms with Gasteiger partial charge in [-0.3, -0.25) is 9.59 Å². The molecule has 1 aliphatic heterocycles. The summed E-state index contributed by atoms with van der Waals surface area (Å²) < 4.78 is 10.6. The van der Waals surface area contributed by atoms with Crippen LogP contribution in [0.4, 0.5) is 0 Å². The van der Waals surface area contributed by atoms with Gasteiger partial charge in [0.05, 0.1) is 20.1 Å². The number of carbonyl (C=O) groups is 2. The smallest absolute Gasteiger partial charge is 0.225 e. The fourth-order valence-corrected chi connectivity index (χ4v) is 3.57. The van der Waals surface area contributed by atoms with Crippen LogP contribution in [0.2, 0.25) is 0 Å². The fraction of sp³-hybridized carbons (Fsp3) is 0.619. The van der Waals surface area contributed by atoms with E-state index in [4.69, 9.17) is 15.2 Å². The summed E-state index contributed by atoms with van der Waals surface area (Å²) in [5.41, 5.74) is 6.82. The van der Waals surface area contributed by atoms with Gasteiger partial charge in [0.2, 0.25) is 11.8 Å². The van der Waals surface area contributed by atoms with Crippen molar-refractivity contribution in [2.24, 2.45) is 17.6 Å². The monoisotopic (exact) mass is 427 g/mol. The van der Waals surface area contributed by atoms with Crippen LogP contribution in [0.5, 0.6) is 11.5 Å². The minimum absolute atomic E-state index is 0. The van der Waals surface area contributed by atoms with Gasteiger partial charge >= 0.3 is 0 Å². The molecule has 0 bridgehead atoms. The number of nitrogens with two attached hydrogens (primary N) is 1. The number of carbonyl (C=O) groups excluding carboxylic acids is 2. The van der Waals surface area contributed by atoms with Crippen molar-refractivity contribution in [2.75, 3.05) is 33.9 Å². The lowest BCUT2D eigenvalue weighted by atomic mass is 10.0. The van der Waals surface area contributed by atoms with E-state index < -0.39 is 0 Å². The third-order valence-corrected chi connectivity index (χ3v) is 5.09. The summed E-state index contributed by atoms with van der Waals surface area (Å²) in [6, 6.07) is 5.70. The van der Waals surface area contributed by atoms with Crippen LogP contribution in [-0.4, -0.2) is 56.6 Å². The number of likely N-dealkylation sites (tertiary alicyclic amines) is 1. The zero-order chi connectivity index (χ0) is 20.7. The lowest BCUT2D eigenvalue weighted by Gasteiger charge is -2.21. The van der Waals surface area contributed by atoms with Gasteiger partial charge < -0.3 is 25.4 Å². The molecule has 0 radical (unpaired) electrons. The van der Waals surface area contributed by atoms with E-state index in [1.54, 1.807) is 19.1 Å². The standard InChI is InChI=1S/C21H33N3O4.ClH/c1-14(2)9-17(12-22)23-21(26)16-11-20(25)24(13-16)8-7-15-5-6-18(27-3)19(10-15)28-4;/h5-6,10,14,16-17H,7-9,11-13,22H2,1-4H3,(H,23,26);1H. The van der Waals surface area contributed by atoms with E-state index in [1.165, 1.54) is 0 Å². The number of nitrogens with zero attached hydrogens (tertiary/aromatic N) is 1. The Kier molecular flexibility index (Phi) is 10.3. The largest absolute Gasteiger partial charge is 0.493 e. The molecule has 1 aromatic rings. The van der Waals surface area contributed by atoms with Crippen molar-refractivity contribution in [3.8, 4) is 11.5 Å². The van der Waals surface area contributed by atoms with Crippen molar-refractivity contribution >= 4 is 24.2 Å². The van der Waals surface area contributed by atoms with Crippen LogP contribution in [0.1, 0.15) is 32.3 Å². The van der Waals surface area contributed by atoms with E-state index in [0.717, 1.165) is 12.0 Å². The molecular weight excluding hydrogens is 394 g/mol. The Bertz CT molecular complexity index is 684. The third kappa shape index (κ3) is 7.08. The van der Waals surface area contributed by atoms with Gasteiger partial charge in [0.25, 0.3) is 0 Å². The van der Waals surface area contributed by atoms with Crippen LogP contribution in [0.15, 0.2) is 18.2 Å². The number of methoxy groups -OCH3 is 2. The van der Waals surface area contributed by atoms with Crippen LogP contribution in [0.25, 0.3) is 0 Å². The summed E-state index contributed by atoms with van der Waals surface area (Å²) in [5, 5.41) is 3.01. The first-order chi connectivity index (χ1) is 13.4. The van der Waals surface area contributed by atoms with Gasteiger partial charge in [-0.25, -0.2) is 0 Å².